The molecule has 15 heavy (non-hydrogen) atoms. The second-order valence-electron chi connectivity index (χ2n) is 3.41. The van der Waals surface area contributed by atoms with Gasteiger partial charge in [0.05, 0.1) is 5.01 Å². The maximum atomic E-state index is 10.7. The molecule has 0 spiro atoms. The Morgan fingerprint density at radius 2 is 2.33 bits per heavy atom. The van der Waals surface area contributed by atoms with Crippen LogP contribution in [0, 0.1) is 6.92 Å². The first-order valence-corrected chi connectivity index (χ1v) is 5.60. The molecular weight excluding hydrogens is 206 g/mol. The van der Waals surface area contributed by atoms with Crippen molar-refractivity contribution in [2.75, 3.05) is 0 Å². The summed E-state index contributed by atoms with van der Waals surface area (Å²) >= 11 is 1.64. The minimum atomic E-state index is 0.729. The Balaban J connectivity index is 2.31. The lowest BCUT2D eigenvalue weighted by atomic mass is 10.0. The van der Waals surface area contributed by atoms with Crippen LogP contribution in [0.4, 0.5) is 0 Å². The number of hydrogen-bond acceptors (Lipinski definition) is 3. The molecule has 2 aromatic rings. The Labute approximate surface area is 92.6 Å². The minimum absolute atomic E-state index is 0.729. The maximum Gasteiger partial charge on any atom is 0.150 e. The van der Waals surface area contributed by atoms with Gasteiger partial charge in [-0.15, -0.1) is 11.3 Å². The first-order valence-electron chi connectivity index (χ1n) is 4.72. The van der Waals surface area contributed by atoms with Crippen LogP contribution in [0.1, 0.15) is 26.5 Å². The van der Waals surface area contributed by atoms with Crippen molar-refractivity contribution in [1.29, 1.82) is 0 Å². The quantitative estimate of drug-likeness (QED) is 0.740. The highest BCUT2D eigenvalue weighted by atomic mass is 32.1. The van der Waals surface area contributed by atoms with Gasteiger partial charge in [0.1, 0.15) is 6.29 Å². The maximum absolute atomic E-state index is 10.7. The number of aromatic nitrogens is 1. The monoisotopic (exact) mass is 217 g/mol. The molecule has 0 aliphatic heterocycles. The number of hydrogen-bond donors (Lipinski definition) is 0. The first kappa shape index (κ1) is 10.1. The molecule has 1 heterocycles. The van der Waals surface area contributed by atoms with Crippen molar-refractivity contribution in [2.24, 2.45) is 0 Å². The minimum Gasteiger partial charge on any atom is -0.298 e. The molecule has 1 aromatic carbocycles. The Morgan fingerprint density at radius 3 is 3.00 bits per heavy atom. The molecule has 2 rings (SSSR count). The van der Waals surface area contributed by atoms with Gasteiger partial charge >= 0.3 is 0 Å². The van der Waals surface area contributed by atoms with E-state index in [0.29, 0.717) is 0 Å². The molecule has 0 unspecified atom stereocenters. The third-order valence-corrected chi connectivity index (χ3v) is 3.11. The summed E-state index contributed by atoms with van der Waals surface area (Å²) in [5.74, 6) is 0. The number of aryl methyl sites for hydroxylation is 1. The fraction of sp³-hybridized carbons (Fsp3) is 0.167. The van der Waals surface area contributed by atoms with Crippen molar-refractivity contribution in [3.63, 3.8) is 0 Å². The molecule has 0 N–H and O–H groups in total. The predicted molar refractivity (Wildman–Crippen MR) is 61.5 cm³/mol. The van der Waals surface area contributed by atoms with E-state index in [9.17, 15) is 4.79 Å². The van der Waals surface area contributed by atoms with Gasteiger partial charge in [0.15, 0.2) is 0 Å². The van der Waals surface area contributed by atoms with Gasteiger partial charge < -0.3 is 0 Å². The summed E-state index contributed by atoms with van der Waals surface area (Å²) in [5, 5.41) is 3.05. The topological polar surface area (TPSA) is 30.0 Å². The summed E-state index contributed by atoms with van der Waals surface area (Å²) in [6.07, 6.45) is 3.49. The van der Waals surface area contributed by atoms with Crippen molar-refractivity contribution in [2.45, 2.75) is 13.3 Å². The van der Waals surface area contributed by atoms with Gasteiger partial charge in [0.2, 0.25) is 0 Å². The average Bonchev–Trinajstić information content (AvgIpc) is 2.74. The van der Waals surface area contributed by atoms with Crippen LogP contribution in [0.3, 0.4) is 0 Å². The molecule has 0 saturated heterocycles. The Hall–Kier alpha value is -1.48. The summed E-state index contributed by atoms with van der Waals surface area (Å²) < 4.78 is 0. The lowest BCUT2D eigenvalue weighted by Crippen LogP contribution is -1.93. The normalized spacial score (nSPS) is 10.2. The molecule has 0 atom stereocenters. The van der Waals surface area contributed by atoms with Crippen molar-refractivity contribution in [3.05, 3.63) is 51.5 Å². The van der Waals surface area contributed by atoms with Crippen LogP contribution in [0.25, 0.3) is 0 Å². The number of thiazole rings is 1. The number of benzene rings is 1. The molecule has 0 amide bonds. The van der Waals surface area contributed by atoms with Crippen LogP contribution in [0.5, 0.6) is 0 Å². The number of rotatable bonds is 3. The van der Waals surface area contributed by atoms with Crippen LogP contribution in [-0.4, -0.2) is 11.3 Å². The summed E-state index contributed by atoms with van der Waals surface area (Å²) in [4.78, 5) is 14.9. The summed E-state index contributed by atoms with van der Waals surface area (Å²) in [5.41, 5.74) is 3.11. The van der Waals surface area contributed by atoms with Gasteiger partial charge in [0.25, 0.3) is 0 Å². The molecule has 3 heteroatoms. The van der Waals surface area contributed by atoms with Crippen molar-refractivity contribution >= 4 is 17.6 Å². The molecule has 0 saturated carbocycles. The first-order chi connectivity index (χ1) is 7.29. The molecule has 76 valence electrons. The van der Waals surface area contributed by atoms with Crippen molar-refractivity contribution < 1.29 is 4.79 Å². The summed E-state index contributed by atoms with van der Waals surface area (Å²) in [6, 6.07) is 5.75. The van der Waals surface area contributed by atoms with E-state index in [1.54, 1.807) is 17.5 Å². The third-order valence-electron chi connectivity index (χ3n) is 2.33. The predicted octanol–water partition coefficient (Wildman–Crippen LogP) is 2.85. The standard InChI is InChI=1S/C12H11NOS/c1-9-2-3-10(8-14)6-11(9)7-12-13-4-5-15-12/h2-6,8H,7H2,1H3. The number of aldehydes is 1. The zero-order chi connectivity index (χ0) is 10.7. The van der Waals surface area contributed by atoms with E-state index in [2.05, 4.69) is 11.9 Å². The van der Waals surface area contributed by atoms with E-state index in [0.717, 1.165) is 23.3 Å². The molecule has 0 radical (unpaired) electrons. The van der Waals surface area contributed by atoms with Gasteiger partial charge in [-0.05, 0) is 24.1 Å². The SMILES string of the molecule is Cc1ccc(C=O)cc1Cc1nccs1. The highest BCUT2D eigenvalue weighted by Crippen LogP contribution is 2.16. The van der Waals surface area contributed by atoms with E-state index in [1.807, 2.05) is 23.6 Å². The Kier molecular flexibility index (Phi) is 2.92. The molecule has 1 aromatic heterocycles. The van der Waals surface area contributed by atoms with Gasteiger partial charge in [-0.3, -0.25) is 4.79 Å². The van der Waals surface area contributed by atoms with Crippen LogP contribution >= 0.6 is 11.3 Å². The second kappa shape index (κ2) is 4.36. The van der Waals surface area contributed by atoms with Crippen LogP contribution in [0.2, 0.25) is 0 Å². The Bertz CT molecular complexity index is 462. The van der Waals surface area contributed by atoms with E-state index in [4.69, 9.17) is 0 Å². The number of carbonyl (C=O) groups is 1. The lowest BCUT2D eigenvalue weighted by Gasteiger charge is -2.04. The van der Waals surface area contributed by atoms with Gasteiger partial charge in [0, 0.05) is 23.6 Å². The fourth-order valence-corrected chi connectivity index (χ4v) is 2.10. The van der Waals surface area contributed by atoms with E-state index in [-0.39, 0.29) is 0 Å². The van der Waals surface area contributed by atoms with Gasteiger partial charge in [-0.1, -0.05) is 12.1 Å². The van der Waals surface area contributed by atoms with Gasteiger partial charge in [-0.2, -0.15) is 0 Å². The zero-order valence-corrected chi connectivity index (χ0v) is 9.25. The zero-order valence-electron chi connectivity index (χ0n) is 8.43. The lowest BCUT2D eigenvalue weighted by molar-refractivity contribution is 0.112. The molecule has 0 aliphatic rings. The highest BCUT2D eigenvalue weighted by Gasteiger charge is 2.03. The largest absolute Gasteiger partial charge is 0.298 e. The van der Waals surface area contributed by atoms with E-state index in [1.165, 1.54) is 11.1 Å². The van der Waals surface area contributed by atoms with E-state index < -0.39 is 0 Å². The van der Waals surface area contributed by atoms with Crippen LogP contribution < -0.4 is 0 Å². The molecule has 2 nitrogen and oxygen atoms in total. The third kappa shape index (κ3) is 2.30. The number of carbonyl (C=O) groups excluding carboxylic acids is 1. The van der Waals surface area contributed by atoms with Crippen LogP contribution in [0.15, 0.2) is 29.8 Å². The highest BCUT2D eigenvalue weighted by molar-refractivity contribution is 7.09. The van der Waals surface area contributed by atoms with Crippen molar-refractivity contribution in [3.8, 4) is 0 Å². The number of nitrogens with zero attached hydrogens (tertiary/aromatic N) is 1. The second-order valence-corrected chi connectivity index (χ2v) is 4.39. The van der Waals surface area contributed by atoms with Crippen molar-refractivity contribution in [1.82, 2.24) is 4.98 Å². The molecule has 0 aliphatic carbocycles. The molecule has 0 fully saturated rings. The smallest absolute Gasteiger partial charge is 0.150 e. The van der Waals surface area contributed by atoms with Crippen LogP contribution in [-0.2, 0) is 6.42 Å². The summed E-state index contributed by atoms with van der Waals surface area (Å²) in [6.45, 7) is 2.05. The molecule has 0 bridgehead atoms. The van der Waals surface area contributed by atoms with Gasteiger partial charge in [-0.25, -0.2) is 4.98 Å². The molecular formula is C12H11NOS. The summed E-state index contributed by atoms with van der Waals surface area (Å²) in [7, 11) is 0. The van der Waals surface area contributed by atoms with E-state index >= 15 is 0 Å². The fourth-order valence-electron chi connectivity index (χ4n) is 1.46. The Morgan fingerprint density at radius 1 is 1.47 bits per heavy atom. The average molecular weight is 217 g/mol.